The number of Topliss-reactive ketones (excluding diaryl/α,β-unsaturated/α-hetero) is 1. The molecule has 0 aliphatic carbocycles. The molecule has 0 radical (unpaired) electrons. The number of methoxy groups -OCH3 is 1. The van der Waals surface area contributed by atoms with Gasteiger partial charge in [-0.25, -0.2) is 0 Å². The number of benzene rings is 2. The van der Waals surface area contributed by atoms with Crippen LogP contribution in [0.3, 0.4) is 0 Å². The van der Waals surface area contributed by atoms with E-state index in [9.17, 15) is 4.79 Å². The number of hydrogen-bond acceptors (Lipinski definition) is 4. The Morgan fingerprint density at radius 3 is 2.21 bits per heavy atom. The molecule has 0 bridgehead atoms. The Balaban J connectivity index is 2.36. The third-order valence-corrected chi connectivity index (χ3v) is 3.92. The Morgan fingerprint density at radius 2 is 1.62 bits per heavy atom. The minimum absolute atomic E-state index is 0.135. The first-order valence-electron chi connectivity index (χ1n) is 7.38. The molecule has 0 aliphatic heterocycles. The van der Waals surface area contributed by atoms with Crippen molar-refractivity contribution in [2.24, 2.45) is 0 Å². The Kier molecular flexibility index (Phi) is 4.58. The molecule has 0 atom stereocenters. The molecule has 24 heavy (non-hydrogen) atoms. The molecule has 0 N–H and O–H groups in total. The topological polar surface area (TPSA) is 52.1 Å². The average molecular weight is 339 g/mol. The van der Waals surface area contributed by atoms with Crippen LogP contribution in [-0.2, 0) is 0 Å². The van der Waals surface area contributed by atoms with Crippen molar-refractivity contribution < 1.29 is 9.53 Å². The lowest BCUT2D eigenvalue weighted by Gasteiger charge is -2.15. The summed E-state index contributed by atoms with van der Waals surface area (Å²) in [6.07, 6.45) is 0. The van der Waals surface area contributed by atoms with Crippen molar-refractivity contribution in [3.8, 4) is 28.3 Å². The lowest BCUT2D eigenvalue weighted by Crippen LogP contribution is -2.07. The van der Waals surface area contributed by atoms with Gasteiger partial charge in [-0.1, -0.05) is 54.1 Å². The monoisotopic (exact) mass is 338 g/mol. The Hall–Kier alpha value is -2.72. The molecule has 4 nitrogen and oxygen atoms in total. The van der Waals surface area contributed by atoms with Gasteiger partial charge in [0, 0.05) is 16.1 Å². The van der Waals surface area contributed by atoms with E-state index in [1.807, 2.05) is 42.5 Å². The van der Waals surface area contributed by atoms with Gasteiger partial charge in [0.25, 0.3) is 0 Å². The van der Waals surface area contributed by atoms with Gasteiger partial charge >= 0.3 is 0 Å². The van der Waals surface area contributed by atoms with E-state index < -0.39 is 0 Å². The van der Waals surface area contributed by atoms with Crippen LogP contribution in [0.1, 0.15) is 17.3 Å². The zero-order valence-electron chi connectivity index (χ0n) is 13.3. The lowest BCUT2D eigenvalue weighted by atomic mass is 9.94. The standard InChI is InChI=1S/C19H15ClN2O2/c1-12(23)16-17(13-8-10-15(20)11-9-13)18(21-22-19(16)24-2)14-6-4-3-5-7-14/h3-11H,1-2H3. The second-order valence-electron chi connectivity index (χ2n) is 5.24. The minimum Gasteiger partial charge on any atom is -0.479 e. The van der Waals surface area contributed by atoms with E-state index in [0.29, 0.717) is 21.8 Å². The Bertz CT molecular complexity index is 878. The summed E-state index contributed by atoms with van der Waals surface area (Å²) in [7, 11) is 1.48. The van der Waals surface area contributed by atoms with Crippen LogP contribution in [0.5, 0.6) is 5.88 Å². The number of hydrogen-bond donors (Lipinski definition) is 0. The van der Waals surface area contributed by atoms with Crippen LogP contribution in [0, 0.1) is 0 Å². The number of halogens is 1. The summed E-state index contributed by atoms with van der Waals surface area (Å²) in [6.45, 7) is 1.49. The van der Waals surface area contributed by atoms with E-state index in [4.69, 9.17) is 16.3 Å². The number of carbonyl (C=O) groups is 1. The highest BCUT2D eigenvalue weighted by Gasteiger charge is 2.22. The van der Waals surface area contributed by atoms with Crippen LogP contribution in [0.25, 0.3) is 22.4 Å². The number of ether oxygens (including phenoxy) is 1. The summed E-state index contributed by atoms with van der Waals surface area (Å²) in [5.41, 5.74) is 3.44. The van der Waals surface area contributed by atoms with E-state index in [1.54, 1.807) is 12.1 Å². The smallest absolute Gasteiger partial charge is 0.244 e. The highest BCUT2D eigenvalue weighted by Crippen LogP contribution is 2.37. The first-order chi connectivity index (χ1) is 11.6. The number of nitrogens with zero attached hydrogens (tertiary/aromatic N) is 2. The molecule has 5 heteroatoms. The van der Waals surface area contributed by atoms with E-state index in [1.165, 1.54) is 14.0 Å². The van der Waals surface area contributed by atoms with Gasteiger partial charge in [-0.3, -0.25) is 4.79 Å². The summed E-state index contributed by atoms with van der Waals surface area (Å²) in [5.74, 6) is 0.0796. The predicted octanol–water partition coefficient (Wildman–Crippen LogP) is 4.68. The van der Waals surface area contributed by atoms with Crippen molar-refractivity contribution in [3.63, 3.8) is 0 Å². The molecular formula is C19H15ClN2O2. The molecular weight excluding hydrogens is 324 g/mol. The maximum absolute atomic E-state index is 12.3. The average Bonchev–Trinajstić information content (AvgIpc) is 2.61. The molecule has 0 aliphatic rings. The van der Waals surface area contributed by atoms with Crippen LogP contribution in [0.15, 0.2) is 54.6 Å². The van der Waals surface area contributed by atoms with Crippen molar-refractivity contribution in [1.82, 2.24) is 10.2 Å². The van der Waals surface area contributed by atoms with Crippen molar-refractivity contribution in [2.45, 2.75) is 6.92 Å². The zero-order chi connectivity index (χ0) is 17.1. The molecule has 0 unspecified atom stereocenters. The highest BCUT2D eigenvalue weighted by atomic mass is 35.5. The van der Waals surface area contributed by atoms with Gasteiger partial charge in [0.1, 0.15) is 5.69 Å². The molecule has 2 aromatic carbocycles. The molecule has 0 saturated heterocycles. The summed E-state index contributed by atoms with van der Waals surface area (Å²) < 4.78 is 5.26. The van der Waals surface area contributed by atoms with Gasteiger partial charge in [0.15, 0.2) is 5.78 Å². The third-order valence-electron chi connectivity index (χ3n) is 3.67. The zero-order valence-corrected chi connectivity index (χ0v) is 14.0. The molecule has 0 amide bonds. The third kappa shape index (κ3) is 3.01. The van der Waals surface area contributed by atoms with Crippen LogP contribution in [0.2, 0.25) is 5.02 Å². The minimum atomic E-state index is -0.135. The fraction of sp³-hybridized carbons (Fsp3) is 0.105. The second kappa shape index (κ2) is 6.81. The number of rotatable bonds is 4. The van der Waals surface area contributed by atoms with Gasteiger partial charge in [0.2, 0.25) is 5.88 Å². The van der Waals surface area contributed by atoms with E-state index in [2.05, 4.69) is 10.2 Å². The van der Waals surface area contributed by atoms with Crippen LogP contribution in [-0.4, -0.2) is 23.1 Å². The quantitative estimate of drug-likeness (QED) is 0.648. The van der Waals surface area contributed by atoms with Crippen LogP contribution in [0.4, 0.5) is 0 Å². The normalized spacial score (nSPS) is 10.5. The van der Waals surface area contributed by atoms with Gasteiger partial charge in [-0.15, -0.1) is 10.2 Å². The first-order valence-corrected chi connectivity index (χ1v) is 7.76. The molecule has 3 aromatic rings. The maximum Gasteiger partial charge on any atom is 0.244 e. The highest BCUT2D eigenvalue weighted by molar-refractivity contribution is 6.30. The predicted molar refractivity (Wildman–Crippen MR) is 94.5 cm³/mol. The van der Waals surface area contributed by atoms with E-state index in [-0.39, 0.29) is 11.7 Å². The fourth-order valence-corrected chi connectivity index (χ4v) is 2.71. The van der Waals surface area contributed by atoms with Gasteiger partial charge in [0.05, 0.1) is 12.7 Å². The summed E-state index contributed by atoms with van der Waals surface area (Å²) >= 11 is 6.00. The summed E-state index contributed by atoms with van der Waals surface area (Å²) in [6, 6.07) is 16.9. The molecule has 1 heterocycles. The maximum atomic E-state index is 12.3. The molecule has 3 rings (SSSR count). The molecule has 0 spiro atoms. The molecule has 1 aromatic heterocycles. The summed E-state index contributed by atoms with van der Waals surface area (Å²) in [5, 5.41) is 9.00. The molecule has 0 saturated carbocycles. The second-order valence-corrected chi connectivity index (χ2v) is 5.67. The molecule has 0 fully saturated rings. The van der Waals surface area contributed by atoms with Crippen molar-refractivity contribution in [1.29, 1.82) is 0 Å². The van der Waals surface area contributed by atoms with Crippen molar-refractivity contribution in [2.75, 3.05) is 7.11 Å². The van der Waals surface area contributed by atoms with Gasteiger partial charge in [-0.2, -0.15) is 0 Å². The molecule has 120 valence electrons. The van der Waals surface area contributed by atoms with E-state index >= 15 is 0 Å². The van der Waals surface area contributed by atoms with E-state index in [0.717, 1.165) is 11.1 Å². The lowest BCUT2D eigenvalue weighted by molar-refractivity contribution is 0.101. The largest absolute Gasteiger partial charge is 0.479 e. The number of aromatic nitrogens is 2. The van der Waals surface area contributed by atoms with Crippen LogP contribution < -0.4 is 4.74 Å². The number of ketones is 1. The number of carbonyl (C=O) groups excluding carboxylic acids is 1. The van der Waals surface area contributed by atoms with Crippen molar-refractivity contribution in [3.05, 3.63) is 65.2 Å². The van der Waals surface area contributed by atoms with Gasteiger partial charge < -0.3 is 4.74 Å². The van der Waals surface area contributed by atoms with Gasteiger partial charge in [-0.05, 0) is 24.6 Å². The Labute approximate surface area is 145 Å². The SMILES string of the molecule is COc1nnc(-c2ccccc2)c(-c2ccc(Cl)cc2)c1C(C)=O. The summed E-state index contributed by atoms with van der Waals surface area (Å²) in [4.78, 5) is 12.3. The Morgan fingerprint density at radius 1 is 0.958 bits per heavy atom. The fourth-order valence-electron chi connectivity index (χ4n) is 2.59. The van der Waals surface area contributed by atoms with Crippen molar-refractivity contribution >= 4 is 17.4 Å². The first kappa shape index (κ1) is 16.1. The van der Waals surface area contributed by atoms with Crippen LogP contribution >= 0.6 is 11.6 Å².